The lowest BCUT2D eigenvalue weighted by Gasteiger charge is -2.20. The SMILES string of the molecule is CCC(C)(C)C(=O)OCCOCCOCCOCCOCCOCCOCCOCCOCCOCCOCCOCCOCCOCCOCCOC. The van der Waals surface area contributed by atoms with E-state index in [-0.39, 0.29) is 12.6 Å². The molecule has 0 aliphatic rings. The van der Waals surface area contributed by atoms with Crippen molar-refractivity contribution in [2.75, 3.05) is 205 Å². The second kappa shape index (κ2) is 44.6. The molecule has 0 aliphatic carbocycles. The maximum absolute atomic E-state index is 11.8. The highest BCUT2D eigenvalue weighted by atomic mass is 16.6. The molecular weight excluding hydrogens is 716 g/mol. The molecule has 0 N–H and O–H groups in total. The number of hydrogen-bond donors (Lipinski definition) is 0. The van der Waals surface area contributed by atoms with Crippen molar-refractivity contribution in [2.24, 2.45) is 5.41 Å². The minimum absolute atomic E-state index is 0.202. The van der Waals surface area contributed by atoms with Crippen LogP contribution in [0.2, 0.25) is 0 Å². The molecule has 17 heteroatoms. The summed E-state index contributed by atoms with van der Waals surface area (Å²) < 4.78 is 86.4. The molecule has 0 rings (SSSR count). The molecule has 0 saturated heterocycles. The van der Waals surface area contributed by atoms with Crippen LogP contribution in [0.15, 0.2) is 0 Å². The normalized spacial score (nSPS) is 11.9. The first-order chi connectivity index (χ1) is 26.5. The van der Waals surface area contributed by atoms with Crippen molar-refractivity contribution >= 4 is 5.97 Å². The van der Waals surface area contributed by atoms with Gasteiger partial charge >= 0.3 is 5.97 Å². The van der Waals surface area contributed by atoms with Crippen molar-refractivity contribution in [3.05, 3.63) is 0 Å². The topological polar surface area (TPSA) is 165 Å². The highest BCUT2D eigenvalue weighted by Gasteiger charge is 2.26. The van der Waals surface area contributed by atoms with E-state index in [2.05, 4.69) is 0 Å². The first kappa shape index (κ1) is 52.9. The number of carbonyl (C=O) groups excluding carboxylic acids is 1. The molecule has 0 aromatic heterocycles. The lowest BCUT2D eigenvalue weighted by Crippen LogP contribution is -2.27. The Balaban J connectivity index is 3.10. The Labute approximate surface area is 324 Å². The minimum atomic E-state index is -0.460. The molecule has 0 saturated carbocycles. The summed E-state index contributed by atoms with van der Waals surface area (Å²) >= 11 is 0. The summed E-state index contributed by atoms with van der Waals surface area (Å²) in [5.41, 5.74) is -0.460. The predicted octanol–water partition coefficient (Wildman–Crippen LogP) is 1.84. The largest absolute Gasteiger partial charge is 0.463 e. The molecule has 54 heavy (non-hydrogen) atoms. The van der Waals surface area contributed by atoms with E-state index in [1.807, 2.05) is 20.8 Å². The van der Waals surface area contributed by atoms with Gasteiger partial charge in [-0.25, -0.2) is 0 Å². The van der Waals surface area contributed by atoms with Crippen LogP contribution in [0.3, 0.4) is 0 Å². The lowest BCUT2D eigenvalue weighted by molar-refractivity contribution is -0.155. The smallest absolute Gasteiger partial charge is 0.311 e. The number of hydrogen-bond acceptors (Lipinski definition) is 17. The van der Waals surface area contributed by atoms with Crippen LogP contribution in [-0.4, -0.2) is 211 Å². The number of carbonyl (C=O) groups is 1. The van der Waals surface area contributed by atoms with Gasteiger partial charge < -0.3 is 75.8 Å². The summed E-state index contributed by atoms with van der Waals surface area (Å²) in [5.74, 6) is -0.202. The van der Waals surface area contributed by atoms with Gasteiger partial charge in [0.05, 0.1) is 197 Å². The zero-order valence-electron chi connectivity index (χ0n) is 33.9. The van der Waals surface area contributed by atoms with Crippen LogP contribution in [0.5, 0.6) is 0 Å². The molecule has 0 spiro atoms. The van der Waals surface area contributed by atoms with Gasteiger partial charge in [-0.2, -0.15) is 0 Å². The third kappa shape index (κ3) is 42.0. The van der Waals surface area contributed by atoms with Crippen molar-refractivity contribution in [1.82, 2.24) is 0 Å². The zero-order valence-corrected chi connectivity index (χ0v) is 33.9. The molecule has 0 unspecified atom stereocenters. The van der Waals surface area contributed by atoms with Gasteiger partial charge in [-0.15, -0.1) is 0 Å². The summed E-state index contributed by atoms with van der Waals surface area (Å²) in [6.07, 6.45) is 0.734. The fourth-order valence-electron chi connectivity index (χ4n) is 3.64. The van der Waals surface area contributed by atoms with E-state index in [4.69, 9.17) is 75.8 Å². The molecule has 0 radical (unpaired) electrons. The molecular formula is C37H74O17. The van der Waals surface area contributed by atoms with Gasteiger partial charge in [-0.05, 0) is 20.3 Å². The lowest BCUT2D eigenvalue weighted by atomic mass is 9.91. The molecule has 324 valence electrons. The van der Waals surface area contributed by atoms with Crippen LogP contribution < -0.4 is 0 Å². The van der Waals surface area contributed by atoms with Gasteiger partial charge in [0.15, 0.2) is 0 Å². The van der Waals surface area contributed by atoms with E-state index in [1.165, 1.54) is 0 Å². The summed E-state index contributed by atoms with van der Waals surface area (Å²) in [7, 11) is 1.64. The average molecular weight is 791 g/mol. The maximum Gasteiger partial charge on any atom is 0.311 e. The van der Waals surface area contributed by atoms with Crippen molar-refractivity contribution in [1.29, 1.82) is 0 Å². The molecule has 0 bridgehead atoms. The molecule has 0 fully saturated rings. The van der Waals surface area contributed by atoms with Crippen LogP contribution in [0.4, 0.5) is 0 Å². The van der Waals surface area contributed by atoms with Crippen LogP contribution >= 0.6 is 0 Å². The van der Waals surface area contributed by atoms with Gasteiger partial charge in [-0.3, -0.25) is 4.79 Å². The summed E-state index contributed by atoms with van der Waals surface area (Å²) in [4.78, 5) is 11.8. The van der Waals surface area contributed by atoms with Crippen LogP contribution in [0.25, 0.3) is 0 Å². The van der Waals surface area contributed by atoms with Crippen molar-refractivity contribution in [3.63, 3.8) is 0 Å². The second-order valence-electron chi connectivity index (χ2n) is 11.9. The summed E-state index contributed by atoms with van der Waals surface area (Å²) in [6.45, 7) is 20.4. The molecule has 0 aliphatic heterocycles. The maximum atomic E-state index is 11.8. The van der Waals surface area contributed by atoms with Crippen molar-refractivity contribution in [2.45, 2.75) is 27.2 Å². The molecule has 0 atom stereocenters. The van der Waals surface area contributed by atoms with E-state index < -0.39 is 5.41 Å². The first-order valence-electron chi connectivity index (χ1n) is 19.3. The van der Waals surface area contributed by atoms with E-state index >= 15 is 0 Å². The standard InChI is InChI=1S/C37H74O17/c1-5-37(2,3)36(38)54-35-34-53-33-32-52-31-30-51-29-28-50-27-26-49-25-24-48-23-22-47-21-20-46-19-18-45-17-16-44-15-14-43-13-12-42-11-10-41-9-8-40-7-6-39-4/h5-35H2,1-4H3. The second-order valence-corrected chi connectivity index (χ2v) is 11.9. The molecule has 0 aromatic rings. The highest BCUT2D eigenvalue weighted by Crippen LogP contribution is 2.21. The third-order valence-corrected chi connectivity index (χ3v) is 7.17. The first-order valence-corrected chi connectivity index (χ1v) is 19.3. The van der Waals surface area contributed by atoms with E-state index in [9.17, 15) is 4.79 Å². The van der Waals surface area contributed by atoms with Gasteiger partial charge in [0.25, 0.3) is 0 Å². The summed E-state index contributed by atoms with van der Waals surface area (Å²) in [5, 5.41) is 0. The Morgan fingerprint density at radius 1 is 0.315 bits per heavy atom. The van der Waals surface area contributed by atoms with Crippen LogP contribution in [-0.2, 0) is 80.6 Å². The predicted molar refractivity (Wildman–Crippen MR) is 198 cm³/mol. The Hall–Kier alpha value is -1.13. The number of rotatable bonds is 47. The van der Waals surface area contributed by atoms with E-state index in [1.54, 1.807) is 7.11 Å². The van der Waals surface area contributed by atoms with Crippen molar-refractivity contribution in [3.8, 4) is 0 Å². The fourth-order valence-corrected chi connectivity index (χ4v) is 3.64. The molecule has 0 heterocycles. The fraction of sp³-hybridized carbons (Fsp3) is 0.973. The van der Waals surface area contributed by atoms with Crippen LogP contribution in [0, 0.1) is 5.41 Å². The van der Waals surface area contributed by atoms with Gasteiger partial charge in [0.1, 0.15) is 6.61 Å². The third-order valence-electron chi connectivity index (χ3n) is 7.17. The number of methoxy groups -OCH3 is 1. The Kier molecular flexibility index (Phi) is 43.7. The van der Waals surface area contributed by atoms with Gasteiger partial charge in [0, 0.05) is 7.11 Å². The van der Waals surface area contributed by atoms with E-state index in [0.717, 1.165) is 6.42 Å². The van der Waals surface area contributed by atoms with Crippen LogP contribution in [0.1, 0.15) is 27.2 Å². The van der Waals surface area contributed by atoms with E-state index in [0.29, 0.717) is 192 Å². The van der Waals surface area contributed by atoms with Gasteiger partial charge in [-0.1, -0.05) is 6.92 Å². The minimum Gasteiger partial charge on any atom is -0.463 e. The Morgan fingerprint density at radius 3 is 0.648 bits per heavy atom. The zero-order chi connectivity index (χ0) is 39.3. The number of ether oxygens (including phenoxy) is 16. The Morgan fingerprint density at radius 2 is 0.481 bits per heavy atom. The molecule has 0 aromatic carbocycles. The number of esters is 1. The highest BCUT2D eigenvalue weighted by molar-refractivity contribution is 5.75. The van der Waals surface area contributed by atoms with Crippen molar-refractivity contribution < 1.29 is 80.6 Å². The van der Waals surface area contributed by atoms with Gasteiger partial charge in [0.2, 0.25) is 0 Å². The average Bonchev–Trinajstić information content (AvgIpc) is 3.17. The molecule has 17 nitrogen and oxygen atoms in total. The Bertz CT molecular complexity index is 735. The molecule has 0 amide bonds. The monoisotopic (exact) mass is 790 g/mol. The summed E-state index contributed by atoms with van der Waals surface area (Å²) in [6, 6.07) is 0. The quantitative estimate of drug-likeness (QED) is 0.0647.